The van der Waals surface area contributed by atoms with Gasteiger partial charge in [0.1, 0.15) is 11.7 Å². The summed E-state index contributed by atoms with van der Waals surface area (Å²) >= 11 is 0. The molecule has 0 atom stereocenters. The molecule has 114 valence electrons. The van der Waals surface area contributed by atoms with E-state index in [0.29, 0.717) is 12.0 Å². The van der Waals surface area contributed by atoms with Gasteiger partial charge in [0.05, 0.1) is 11.3 Å². The first-order valence-electron chi connectivity index (χ1n) is 7.47. The van der Waals surface area contributed by atoms with Gasteiger partial charge in [-0.3, -0.25) is 10.1 Å². The Bertz CT molecular complexity index is 457. The molecule has 0 saturated heterocycles. The molecule has 1 aromatic rings. The van der Waals surface area contributed by atoms with Crippen LogP contribution >= 0.6 is 0 Å². The molecule has 0 aliphatic rings. The smallest absolute Gasteiger partial charge is 0.138 e. The molecule has 1 rings (SSSR count). The first kappa shape index (κ1) is 16.5. The third-order valence-electron chi connectivity index (χ3n) is 3.68. The van der Waals surface area contributed by atoms with Crippen molar-refractivity contribution < 1.29 is 0 Å². The lowest BCUT2D eigenvalue weighted by molar-refractivity contribution is 0.494. The van der Waals surface area contributed by atoms with Crippen LogP contribution in [-0.4, -0.2) is 28.2 Å². The normalized spacial score (nSPS) is 11.4. The summed E-state index contributed by atoms with van der Waals surface area (Å²) < 4.78 is 1.87. The van der Waals surface area contributed by atoms with Crippen LogP contribution in [0, 0.1) is 18.3 Å². The lowest BCUT2D eigenvalue weighted by Crippen LogP contribution is -2.39. The Morgan fingerprint density at radius 3 is 2.30 bits per heavy atom. The van der Waals surface area contributed by atoms with Crippen LogP contribution in [0.4, 0.5) is 5.82 Å². The fraction of sp³-hybridized carbons (Fsp3) is 0.733. The summed E-state index contributed by atoms with van der Waals surface area (Å²) in [5, 5.41) is 12.3. The van der Waals surface area contributed by atoms with Crippen LogP contribution in [0.1, 0.15) is 51.8 Å². The van der Waals surface area contributed by atoms with Crippen molar-refractivity contribution in [3.8, 4) is 0 Å². The zero-order valence-electron chi connectivity index (χ0n) is 13.7. The van der Waals surface area contributed by atoms with Crippen LogP contribution in [-0.2, 0) is 7.05 Å². The molecule has 5 nitrogen and oxygen atoms in total. The van der Waals surface area contributed by atoms with Crippen molar-refractivity contribution in [2.24, 2.45) is 18.7 Å². The van der Waals surface area contributed by atoms with Gasteiger partial charge in [-0.1, -0.05) is 27.7 Å². The molecule has 0 unspecified atom stereocenters. The van der Waals surface area contributed by atoms with Crippen LogP contribution in [0.25, 0.3) is 0 Å². The van der Waals surface area contributed by atoms with E-state index >= 15 is 0 Å². The second kappa shape index (κ2) is 6.77. The third kappa shape index (κ3) is 3.32. The number of aryl methyl sites for hydroxylation is 2. The van der Waals surface area contributed by atoms with Gasteiger partial charge < -0.3 is 10.6 Å². The molecule has 5 heteroatoms. The highest BCUT2D eigenvalue weighted by molar-refractivity contribution is 6.01. The minimum Gasteiger partial charge on any atom is -0.384 e. The maximum atomic E-state index is 7.86. The van der Waals surface area contributed by atoms with E-state index in [0.717, 1.165) is 36.5 Å². The Kier molecular flexibility index (Phi) is 5.60. The Hall–Kier alpha value is -1.52. The fourth-order valence-corrected chi connectivity index (χ4v) is 2.82. The summed E-state index contributed by atoms with van der Waals surface area (Å²) in [7, 11) is 1.94. The van der Waals surface area contributed by atoms with Crippen LogP contribution in [0.3, 0.4) is 0 Å². The van der Waals surface area contributed by atoms with Gasteiger partial charge in [-0.25, -0.2) is 0 Å². The molecular weight excluding hydrogens is 250 g/mol. The minimum atomic E-state index is 0.102. The summed E-state index contributed by atoms with van der Waals surface area (Å²) in [5.41, 5.74) is 7.39. The molecule has 0 radical (unpaired) electrons. The van der Waals surface area contributed by atoms with Gasteiger partial charge in [0, 0.05) is 19.6 Å². The monoisotopic (exact) mass is 279 g/mol. The van der Waals surface area contributed by atoms with Crippen molar-refractivity contribution in [3.63, 3.8) is 0 Å². The van der Waals surface area contributed by atoms with Crippen LogP contribution < -0.4 is 10.6 Å². The Morgan fingerprint density at radius 2 is 1.90 bits per heavy atom. The van der Waals surface area contributed by atoms with Gasteiger partial charge in [0.2, 0.25) is 0 Å². The number of aromatic nitrogens is 2. The molecular formula is C15H29N5. The van der Waals surface area contributed by atoms with E-state index in [4.69, 9.17) is 11.1 Å². The molecule has 0 aliphatic heterocycles. The largest absolute Gasteiger partial charge is 0.384 e. The summed E-state index contributed by atoms with van der Waals surface area (Å²) in [5.74, 6) is 1.63. The van der Waals surface area contributed by atoms with Gasteiger partial charge in [-0.2, -0.15) is 5.10 Å². The second-order valence-corrected chi connectivity index (χ2v) is 5.84. The molecule has 3 N–H and O–H groups in total. The van der Waals surface area contributed by atoms with Crippen LogP contribution in [0.5, 0.6) is 0 Å². The molecule has 0 saturated carbocycles. The summed E-state index contributed by atoms with van der Waals surface area (Å²) in [6, 6.07) is 0.449. The molecule has 0 bridgehead atoms. The number of amidine groups is 1. The van der Waals surface area contributed by atoms with E-state index in [-0.39, 0.29) is 5.84 Å². The SMILES string of the molecule is CCC(CC)N(CC(C)C)c1c(C(=N)N)c(C)nn1C. The molecule has 0 aromatic carbocycles. The van der Waals surface area contributed by atoms with Crippen molar-refractivity contribution in [2.45, 2.75) is 53.5 Å². The van der Waals surface area contributed by atoms with E-state index < -0.39 is 0 Å². The zero-order chi connectivity index (χ0) is 15.4. The highest BCUT2D eigenvalue weighted by Gasteiger charge is 2.25. The molecule has 1 aromatic heterocycles. The summed E-state index contributed by atoms with van der Waals surface area (Å²) in [6.07, 6.45) is 2.15. The highest BCUT2D eigenvalue weighted by Crippen LogP contribution is 2.27. The number of nitrogens with two attached hydrogens (primary N) is 1. The van der Waals surface area contributed by atoms with Crippen molar-refractivity contribution >= 4 is 11.7 Å². The first-order valence-corrected chi connectivity index (χ1v) is 7.47. The standard InChI is InChI=1S/C15H29N5/c1-7-12(8-2)20(9-10(3)4)15-13(14(16)17)11(5)18-19(15)6/h10,12H,7-9H2,1-6H3,(H3,16,17). The lowest BCUT2D eigenvalue weighted by Gasteiger charge is -2.34. The molecule has 20 heavy (non-hydrogen) atoms. The van der Waals surface area contributed by atoms with Crippen LogP contribution in [0.15, 0.2) is 0 Å². The van der Waals surface area contributed by atoms with E-state index in [1.165, 1.54) is 0 Å². The average molecular weight is 279 g/mol. The maximum Gasteiger partial charge on any atom is 0.138 e. The van der Waals surface area contributed by atoms with E-state index in [9.17, 15) is 0 Å². The lowest BCUT2D eigenvalue weighted by atomic mass is 10.1. The maximum absolute atomic E-state index is 7.86. The number of hydrogen-bond acceptors (Lipinski definition) is 3. The summed E-state index contributed by atoms with van der Waals surface area (Å²) in [4.78, 5) is 2.38. The van der Waals surface area contributed by atoms with Gasteiger partial charge in [-0.15, -0.1) is 0 Å². The number of nitrogens with one attached hydrogen (secondary N) is 1. The highest BCUT2D eigenvalue weighted by atomic mass is 15.4. The number of nitrogens with zero attached hydrogens (tertiary/aromatic N) is 3. The molecule has 0 spiro atoms. The number of anilines is 1. The Morgan fingerprint density at radius 1 is 1.35 bits per heavy atom. The average Bonchev–Trinajstić information content (AvgIpc) is 2.63. The summed E-state index contributed by atoms with van der Waals surface area (Å²) in [6.45, 7) is 11.7. The number of nitrogen functional groups attached to an aromatic ring is 1. The van der Waals surface area contributed by atoms with E-state index in [1.807, 2.05) is 18.7 Å². The van der Waals surface area contributed by atoms with E-state index in [2.05, 4.69) is 37.7 Å². The van der Waals surface area contributed by atoms with E-state index in [1.54, 1.807) is 0 Å². The first-order chi connectivity index (χ1) is 9.33. The Balaban J connectivity index is 3.36. The third-order valence-corrected chi connectivity index (χ3v) is 3.68. The number of rotatable bonds is 7. The van der Waals surface area contributed by atoms with Gasteiger partial charge in [0.15, 0.2) is 0 Å². The molecule has 0 aliphatic carbocycles. The topological polar surface area (TPSA) is 70.9 Å². The zero-order valence-corrected chi connectivity index (χ0v) is 13.7. The van der Waals surface area contributed by atoms with Gasteiger partial charge >= 0.3 is 0 Å². The predicted octanol–water partition coefficient (Wildman–Crippen LogP) is 2.66. The quantitative estimate of drug-likeness (QED) is 0.595. The second-order valence-electron chi connectivity index (χ2n) is 5.84. The van der Waals surface area contributed by atoms with Crippen molar-refractivity contribution in [3.05, 3.63) is 11.3 Å². The minimum absolute atomic E-state index is 0.102. The molecule has 0 amide bonds. The molecule has 1 heterocycles. The van der Waals surface area contributed by atoms with Crippen molar-refractivity contribution in [1.82, 2.24) is 9.78 Å². The number of hydrogen-bond donors (Lipinski definition) is 2. The van der Waals surface area contributed by atoms with Gasteiger partial charge in [-0.05, 0) is 25.7 Å². The van der Waals surface area contributed by atoms with Crippen molar-refractivity contribution in [1.29, 1.82) is 5.41 Å². The van der Waals surface area contributed by atoms with Crippen LogP contribution in [0.2, 0.25) is 0 Å². The van der Waals surface area contributed by atoms with Crippen molar-refractivity contribution in [2.75, 3.05) is 11.4 Å². The fourth-order valence-electron chi connectivity index (χ4n) is 2.82. The predicted molar refractivity (Wildman–Crippen MR) is 85.5 cm³/mol. The molecule has 0 fully saturated rings. The van der Waals surface area contributed by atoms with Gasteiger partial charge in [0.25, 0.3) is 0 Å². The Labute approximate surface area is 122 Å².